The van der Waals surface area contributed by atoms with Crippen molar-refractivity contribution in [2.45, 2.75) is 0 Å². The van der Waals surface area contributed by atoms with Crippen molar-refractivity contribution in [1.29, 1.82) is 5.26 Å². The highest BCUT2D eigenvalue weighted by Crippen LogP contribution is 2.26. The zero-order valence-corrected chi connectivity index (χ0v) is 13.9. The monoisotopic (exact) mass is 343 g/mol. The molecule has 0 saturated heterocycles. The lowest BCUT2D eigenvalue weighted by atomic mass is 10.2. The summed E-state index contributed by atoms with van der Waals surface area (Å²) in [5.41, 5.74) is 4.24. The van der Waals surface area contributed by atoms with Crippen LogP contribution in [0.3, 0.4) is 0 Å². The first kappa shape index (κ1) is 15.1. The summed E-state index contributed by atoms with van der Waals surface area (Å²) in [5.74, 6) is 0. The normalized spacial score (nSPS) is 11.4. The second-order valence-corrected chi connectivity index (χ2v) is 6.25. The van der Waals surface area contributed by atoms with Crippen LogP contribution in [-0.4, -0.2) is 15.2 Å². The molecule has 0 atom stereocenters. The standard InChI is InChI=1S/C19H13N5S/c20-9-15(10-21-16-7-6-14-11-22-24-17(14)8-16)19-23-18(12-25-19)13-4-2-1-3-5-13/h1-8,10-12,21H,(H,22,24). The maximum Gasteiger partial charge on any atom is 0.136 e. The summed E-state index contributed by atoms with van der Waals surface area (Å²) >= 11 is 1.46. The van der Waals surface area contributed by atoms with Crippen molar-refractivity contribution in [1.82, 2.24) is 15.2 Å². The molecular weight excluding hydrogens is 330 g/mol. The number of aromatic nitrogens is 3. The molecule has 0 bridgehead atoms. The minimum absolute atomic E-state index is 0.497. The molecular formula is C19H13N5S. The van der Waals surface area contributed by atoms with E-state index in [1.165, 1.54) is 11.3 Å². The SMILES string of the molecule is N#CC(=CNc1ccc2cn[nH]c2c1)c1nc(-c2ccccc2)cs1. The molecule has 120 valence electrons. The molecule has 4 rings (SSSR count). The highest BCUT2D eigenvalue weighted by molar-refractivity contribution is 7.11. The number of aromatic amines is 1. The summed E-state index contributed by atoms with van der Waals surface area (Å²) in [6.45, 7) is 0. The highest BCUT2D eigenvalue weighted by atomic mass is 32.1. The van der Waals surface area contributed by atoms with Gasteiger partial charge in [0.1, 0.15) is 16.6 Å². The lowest BCUT2D eigenvalue weighted by Gasteiger charge is -2.01. The quantitative estimate of drug-likeness (QED) is 0.528. The van der Waals surface area contributed by atoms with Crippen LogP contribution in [0.25, 0.3) is 27.7 Å². The van der Waals surface area contributed by atoms with Gasteiger partial charge in [-0.15, -0.1) is 11.3 Å². The van der Waals surface area contributed by atoms with Crippen LogP contribution in [0.2, 0.25) is 0 Å². The van der Waals surface area contributed by atoms with E-state index in [4.69, 9.17) is 0 Å². The van der Waals surface area contributed by atoms with E-state index in [0.29, 0.717) is 10.6 Å². The fourth-order valence-electron chi connectivity index (χ4n) is 2.46. The van der Waals surface area contributed by atoms with E-state index in [-0.39, 0.29) is 0 Å². The van der Waals surface area contributed by atoms with Crippen LogP contribution in [0.5, 0.6) is 0 Å². The Morgan fingerprint density at radius 1 is 1.20 bits per heavy atom. The van der Waals surface area contributed by atoms with E-state index in [0.717, 1.165) is 27.8 Å². The van der Waals surface area contributed by atoms with E-state index >= 15 is 0 Å². The van der Waals surface area contributed by atoms with Gasteiger partial charge in [0.05, 0.1) is 17.4 Å². The Balaban J connectivity index is 1.58. The number of anilines is 1. The number of hydrogen-bond donors (Lipinski definition) is 2. The molecule has 4 aromatic rings. The minimum atomic E-state index is 0.497. The van der Waals surface area contributed by atoms with Gasteiger partial charge in [0.25, 0.3) is 0 Å². The van der Waals surface area contributed by atoms with Gasteiger partial charge in [-0.1, -0.05) is 30.3 Å². The van der Waals surface area contributed by atoms with Crippen molar-refractivity contribution >= 4 is 33.5 Å². The topological polar surface area (TPSA) is 77.4 Å². The third kappa shape index (κ3) is 3.13. The van der Waals surface area contributed by atoms with Crippen LogP contribution in [0.1, 0.15) is 5.01 Å². The van der Waals surface area contributed by atoms with E-state index in [1.807, 2.05) is 53.9 Å². The molecule has 0 fully saturated rings. The van der Waals surface area contributed by atoms with Crippen molar-refractivity contribution in [2.24, 2.45) is 0 Å². The van der Waals surface area contributed by atoms with Crippen LogP contribution in [-0.2, 0) is 0 Å². The van der Waals surface area contributed by atoms with E-state index < -0.39 is 0 Å². The minimum Gasteiger partial charge on any atom is -0.360 e. The molecule has 25 heavy (non-hydrogen) atoms. The Hall–Kier alpha value is -3.43. The Morgan fingerprint density at radius 2 is 2.08 bits per heavy atom. The van der Waals surface area contributed by atoms with Crippen molar-refractivity contribution in [3.05, 3.63) is 71.3 Å². The molecule has 0 aliphatic heterocycles. The molecule has 2 N–H and O–H groups in total. The van der Waals surface area contributed by atoms with Gasteiger partial charge in [0, 0.05) is 28.2 Å². The summed E-state index contributed by atoms with van der Waals surface area (Å²) in [6, 6.07) is 18.0. The number of hydrogen-bond acceptors (Lipinski definition) is 5. The van der Waals surface area contributed by atoms with Crippen LogP contribution >= 0.6 is 11.3 Å². The third-order valence-electron chi connectivity index (χ3n) is 3.75. The van der Waals surface area contributed by atoms with Gasteiger partial charge >= 0.3 is 0 Å². The zero-order chi connectivity index (χ0) is 17.1. The molecule has 0 radical (unpaired) electrons. The van der Waals surface area contributed by atoms with Crippen molar-refractivity contribution in [3.8, 4) is 17.3 Å². The fraction of sp³-hybridized carbons (Fsp3) is 0. The van der Waals surface area contributed by atoms with E-state index in [1.54, 1.807) is 12.4 Å². The van der Waals surface area contributed by atoms with Crippen molar-refractivity contribution < 1.29 is 0 Å². The van der Waals surface area contributed by atoms with Crippen LogP contribution in [0.15, 0.2) is 66.3 Å². The maximum absolute atomic E-state index is 9.47. The lowest BCUT2D eigenvalue weighted by molar-refractivity contribution is 1.12. The van der Waals surface area contributed by atoms with Gasteiger partial charge in [-0.3, -0.25) is 5.10 Å². The summed E-state index contributed by atoms with van der Waals surface area (Å²) in [4.78, 5) is 4.58. The molecule has 2 aromatic heterocycles. The predicted octanol–water partition coefficient (Wildman–Crippen LogP) is 4.66. The number of H-pyrrole nitrogens is 1. The number of thiazole rings is 1. The smallest absolute Gasteiger partial charge is 0.136 e. The molecule has 0 saturated carbocycles. The summed E-state index contributed by atoms with van der Waals surface area (Å²) in [7, 11) is 0. The zero-order valence-electron chi connectivity index (χ0n) is 13.1. The number of fused-ring (bicyclic) bond motifs is 1. The second kappa shape index (κ2) is 6.59. The van der Waals surface area contributed by atoms with Crippen LogP contribution in [0.4, 0.5) is 5.69 Å². The third-order valence-corrected chi connectivity index (χ3v) is 4.63. The number of allylic oxidation sites excluding steroid dienone is 1. The molecule has 0 aliphatic carbocycles. The second-order valence-electron chi connectivity index (χ2n) is 5.39. The predicted molar refractivity (Wildman–Crippen MR) is 101 cm³/mol. The summed E-state index contributed by atoms with van der Waals surface area (Å²) in [6.07, 6.45) is 3.46. The Kier molecular flexibility index (Phi) is 3.99. The first-order valence-electron chi connectivity index (χ1n) is 7.65. The number of rotatable bonds is 4. The van der Waals surface area contributed by atoms with E-state index in [2.05, 4.69) is 26.6 Å². The maximum atomic E-state index is 9.47. The number of nitrogens with zero attached hydrogens (tertiary/aromatic N) is 3. The Labute approximate surface area is 148 Å². The van der Waals surface area contributed by atoms with Crippen LogP contribution < -0.4 is 5.32 Å². The molecule has 0 unspecified atom stereocenters. The van der Waals surface area contributed by atoms with Gasteiger partial charge in [0.15, 0.2) is 0 Å². The summed E-state index contributed by atoms with van der Waals surface area (Å²) < 4.78 is 0. The molecule has 0 spiro atoms. The van der Waals surface area contributed by atoms with Gasteiger partial charge in [-0.05, 0) is 18.2 Å². The molecule has 0 amide bonds. The molecule has 2 heterocycles. The highest BCUT2D eigenvalue weighted by Gasteiger charge is 2.08. The summed E-state index contributed by atoms with van der Waals surface area (Å²) in [5, 5.41) is 23.3. The molecule has 5 nitrogen and oxygen atoms in total. The van der Waals surface area contributed by atoms with Crippen LogP contribution in [0, 0.1) is 11.3 Å². The fourth-order valence-corrected chi connectivity index (χ4v) is 3.26. The lowest BCUT2D eigenvalue weighted by Crippen LogP contribution is -1.91. The van der Waals surface area contributed by atoms with Gasteiger partial charge < -0.3 is 5.32 Å². The number of nitrogens with one attached hydrogen (secondary N) is 2. The first-order valence-corrected chi connectivity index (χ1v) is 8.53. The van der Waals surface area contributed by atoms with Gasteiger partial charge in [-0.2, -0.15) is 10.4 Å². The first-order chi connectivity index (χ1) is 12.3. The Morgan fingerprint density at radius 3 is 2.92 bits per heavy atom. The average Bonchev–Trinajstić information content (AvgIpc) is 3.32. The molecule has 2 aromatic carbocycles. The largest absolute Gasteiger partial charge is 0.360 e. The van der Waals surface area contributed by atoms with E-state index in [9.17, 15) is 5.26 Å². The van der Waals surface area contributed by atoms with Crippen molar-refractivity contribution in [2.75, 3.05) is 5.32 Å². The van der Waals surface area contributed by atoms with Gasteiger partial charge in [-0.25, -0.2) is 4.98 Å². The molecule has 6 heteroatoms. The average molecular weight is 343 g/mol. The van der Waals surface area contributed by atoms with Crippen molar-refractivity contribution in [3.63, 3.8) is 0 Å². The Bertz CT molecular complexity index is 1090. The molecule has 0 aliphatic rings. The number of nitriles is 1. The number of benzene rings is 2. The van der Waals surface area contributed by atoms with Gasteiger partial charge in [0.2, 0.25) is 0 Å².